The van der Waals surface area contributed by atoms with E-state index in [9.17, 15) is 5.11 Å². The third-order valence-corrected chi connectivity index (χ3v) is 4.70. The molecule has 1 saturated heterocycles. The molecule has 0 aromatic rings. The van der Waals surface area contributed by atoms with Crippen LogP contribution in [0.15, 0.2) is 0 Å². The minimum absolute atomic E-state index is 0.412. The van der Waals surface area contributed by atoms with Gasteiger partial charge in [0.1, 0.15) is 0 Å². The lowest BCUT2D eigenvalue weighted by atomic mass is 9.69. The molecule has 1 aliphatic carbocycles. The summed E-state index contributed by atoms with van der Waals surface area (Å²) in [6.45, 7) is 3.88. The Morgan fingerprint density at radius 1 is 1.19 bits per heavy atom. The molecule has 94 valence electrons. The molecule has 2 nitrogen and oxygen atoms in total. The Labute approximate surface area is 99.4 Å². The van der Waals surface area contributed by atoms with E-state index in [1.165, 1.54) is 32.1 Å². The van der Waals surface area contributed by atoms with Crippen LogP contribution in [0.25, 0.3) is 0 Å². The molecule has 2 fully saturated rings. The standard InChI is InChI=1S/C14H26O2/c1-2-12-5-3-6-13(11-12)14(15)7-4-9-16-10-8-14/h12-13,15H,2-11H2,1H3. The first-order chi connectivity index (χ1) is 7.74. The van der Waals surface area contributed by atoms with E-state index in [0.717, 1.165) is 38.4 Å². The molecule has 2 heteroatoms. The summed E-state index contributed by atoms with van der Waals surface area (Å²) in [6, 6.07) is 0. The minimum Gasteiger partial charge on any atom is -0.390 e. The van der Waals surface area contributed by atoms with Gasteiger partial charge in [0, 0.05) is 13.2 Å². The van der Waals surface area contributed by atoms with Gasteiger partial charge in [-0.15, -0.1) is 0 Å². The summed E-state index contributed by atoms with van der Waals surface area (Å²) >= 11 is 0. The van der Waals surface area contributed by atoms with Crippen molar-refractivity contribution >= 4 is 0 Å². The summed E-state index contributed by atoms with van der Waals surface area (Å²) < 4.78 is 5.47. The Morgan fingerprint density at radius 3 is 2.88 bits per heavy atom. The molecule has 0 aromatic heterocycles. The second-order valence-corrected chi connectivity index (χ2v) is 5.71. The van der Waals surface area contributed by atoms with Crippen LogP contribution >= 0.6 is 0 Å². The molecule has 1 saturated carbocycles. The summed E-state index contributed by atoms with van der Waals surface area (Å²) in [6.07, 6.45) is 9.28. The van der Waals surface area contributed by atoms with E-state index in [2.05, 4.69) is 6.92 Å². The van der Waals surface area contributed by atoms with Crippen LogP contribution in [0.3, 0.4) is 0 Å². The maximum Gasteiger partial charge on any atom is 0.0698 e. The van der Waals surface area contributed by atoms with Crippen molar-refractivity contribution in [3.8, 4) is 0 Å². The highest BCUT2D eigenvalue weighted by molar-refractivity contribution is 4.90. The molecule has 1 N–H and O–H groups in total. The summed E-state index contributed by atoms with van der Waals surface area (Å²) in [5.41, 5.74) is -0.412. The predicted octanol–water partition coefficient (Wildman–Crippen LogP) is 3.13. The lowest BCUT2D eigenvalue weighted by molar-refractivity contribution is -0.0557. The van der Waals surface area contributed by atoms with Crippen LogP contribution in [0.2, 0.25) is 0 Å². The highest BCUT2D eigenvalue weighted by atomic mass is 16.5. The van der Waals surface area contributed by atoms with Gasteiger partial charge in [0.05, 0.1) is 5.60 Å². The molecule has 16 heavy (non-hydrogen) atoms. The highest BCUT2D eigenvalue weighted by Crippen LogP contribution is 2.41. The molecule has 2 aliphatic rings. The molecule has 0 amide bonds. The molecule has 0 bridgehead atoms. The first kappa shape index (κ1) is 12.4. The van der Waals surface area contributed by atoms with E-state index < -0.39 is 5.60 Å². The fraction of sp³-hybridized carbons (Fsp3) is 1.00. The third kappa shape index (κ3) is 2.78. The normalized spacial score (nSPS) is 41.6. The Hall–Kier alpha value is -0.0800. The van der Waals surface area contributed by atoms with Crippen LogP contribution in [0, 0.1) is 11.8 Å². The Bertz CT molecular complexity index is 207. The lowest BCUT2D eigenvalue weighted by Crippen LogP contribution is -2.40. The lowest BCUT2D eigenvalue weighted by Gasteiger charge is -2.40. The van der Waals surface area contributed by atoms with Gasteiger partial charge >= 0.3 is 0 Å². The quantitative estimate of drug-likeness (QED) is 0.784. The maximum atomic E-state index is 10.8. The molecule has 2 rings (SSSR count). The molecule has 0 aromatic carbocycles. The number of aliphatic hydroxyl groups is 1. The largest absolute Gasteiger partial charge is 0.390 e. The second kappa shape index (κ2) is 5.50. The van der Waals surface area contributed by atoms with Gasteiger partial charge in [-0.05, 0) is 43.9 Å². The number of rotatable bonds is 2. The van der Waals surface area contributed by atoms with Gasteiger partial charge in [0.15, 0.2) is 0 Å². The minimum atomic E-state index is -0.412. The predicted molar refractivity (Wildman–Crippen MR) is 65.4 cm³/mol. The van der Waals surface area contributed by atoms with Crippen molar-refractivity contribution in [2.75, 3.05) is 13.2 Å². The van der Waals surface area contributed by atoms with Crippen LogP contribution in [0.5, 0.6) is 0 Å². The first-order valence-corrected chi connectivity index (χ1v) is 7.05. The molecular weight excluding hydrogens is 200 g/mol. The zero-order chi connectivity index (χ0) is 11.4. The van der Waals surface area contributed by atoms with Crippen molar-refractivity contribution in [3.05, 3.63) is 0 Å². The van der Waals surface area contributed by atoms with Crippen LogP contribution in [0.1, 0.15) is 58.3 Å². The fourth-order valence-electron chi connectivity index (χ4n) is 3.51. The fourth-order valence-corrected chi connectivity index (χ4v) is 3.51. The molecule has 0 spiro atoms. The van der Waals surface area contributed by atoms with E-state index in [4.69, 9.17) is 4.74 Å². The zero-order valence-electron chi connectivity index (χ0n) is 10.6. The van der Waals surface area contributed by atoms with Gasteiger partial charge in [0.2, 0.25) is 0 Å². The van der Waals surface area contributed by atoms with E-state index in [0.29, 0.717) is 5.92 Å². The van der Waals surface area contributed by atoms with Crippen LogP contribution < -0.4 is 0 Å². The molecular formula is C14H26O2. The van der Waals surface area contributed by atoms with Crippen LogP contribution in [0.4, 0.5) is 0 Å². The second-order valence-electron chi connectivity index (χ2n) is 5.71. The molecule has 3 atom stereocenters. The van der Waals surface area contributed by atoms with Gasteiger partial charge in [-0.1, -0.05) is 26.2 Å². The van der Waals surface area contributed by atoms with Gasteiger partial charge in [-0.2, -0.15) is 0 Å². The van der Waals surface area contributed by atoms with Gasteiger partial charge in [0.25, 0.3) is 0 Å². The molecule has 1 aliphatic heterocycles. The van der Waals surface area contributed by atoms with E-state index in [1.54, 1.807) is 0 Å². The monoisotopic (exact) mass is 226 g/mol. The summed E-state index contributed by atoms with van der Waals surface area (Å²) in [5, 5.41) is 10.8. The van der Waals surface area contributed by atoms with Crippen molar-refractivity contribution in [2.45, 2.75) is 63.9 Å². The molecule has 3 unspecified atom stereocenters. The van der Waals surface area contributed by atoms with Gasteiger partial charge < -0.3 is 9.84 Å². The van der Waals surface area contributed by atoms with E-state index >= 15 is 0 Å². The van der Waals surface area contributed by atoms with Crippen molar-refractivity contribution < 1.29 is 9.84 Å². The summed E-state index contributed by atoms with van der Waals surface area (Å²) in [7, 11) is 0. The first-order valence-electron chi connectivity index (χ1n) is 7.05. The number of ether oxygens (including phenoxy) is 1. The van der Waals surface area contributed by atoms with Crippen molar-refractivity contribution in [1.29, 1.82) is 0 Å². The molecule has 1 heterocycles. The Kier molecular flexibility index (Phi) is 4.26. The van der Waals surface area contributed by atoms with Crippen molar-refractivity contribution in [1.82, 2.24) is 0 Å². The third-order valence-electron chi connectivity index (χ3n) is 4.70. The Balaban J connectivity index is 1.97. The van der Waals surface area contributed by atoms with Crippen molar-refractivity contribution in [3.63, 3.8) is 0 Å². The smallest absolute Gasteiger partial charge is 0.0698 e. The maximum absolute atomic E-state index is 10.8. The van der Waals surface area contributed by atoms with Crippen LogP contribution in [-0.2, 0) is 4.74 Å². The van der Waals surface area contributed by atoms with E-state index in [1.807, 2.05) is 0 Å². The highest BCUT2D eigenvalue weighted by Gasteiger charge is 2.39. The summed E-state index contributed by atoms with van der Waals surface area (Å²) in [4.78, 5) is 0. The van der Waals surface area contributed by atoms with Gasteiger partial charge in [-0.3, -0.25) is 0 Å². The van der Waals surface area contributed by atoms with E-state index in [-0.39, 0.29) is 0 Å². The van der Waals surface area contributed by atoms with Gasteiger partial charge in [-0.25, -0.2) is 0 Å². The zero-order valence-corrected chi connectivity index (χ0v) is 10.6. The number of hydrogen-bond donors (Lipinski definition) is 1. The molecule has 0 radical (unpaired) electrons. The van der Waals surface area contributed by atoms with Crippen LogP contribution in [-0.4, -0.2) is 23.9 Å². The average molecular weight is 226 g/mol. The average Bonchev–Trinajstić information content (AvgIpc) is 2.55. The SMILES string of the molecule is CCC1CCCC(C2(O)CCCOCC2)C1. The Morgan fingerprint density at radius 2 is 2.06 bits per heavy atom. The topological polar surface area (TPSA) is 29.5 Å². The number of hydrogen-bond acceptors (Lipinski definition) is 2. The van der Waals surface area contributed by atoms with Crippen molar-refractivity contribution in [2.24, 2.45) is 11.8 Å². The summed E-state index contributed by atoms with van der Waals surface area (Å²) in [5.74, 6) is 1.39.